The standard InChI is InChI=1S/C17H23F3N4O2/c1-10(15-11(2)21-24(12(15)3)8-17(18,19)20)16(26)23-7-14(25)22(9-23)6-13-4-5-13/h10,13H,4-9H2,1-3H3. The smallest absolute Gasteiger partial charge is 0.323 e. The summed E-state index contributed by atoms with van der Waals surface area (Å²) in [6, 6.07) is 0. The topological polar surface area (TPSA) is 58.4 Å². The summed E-state index contributed by atoms with van der Waals surface area (Å²) in [4.78, 5) is 28.1. The molecule has 1 aromatic rings. The monoisotopic (exact) mass is 372 g/mol. The molecule has 2 amide bonds. The van der Waals surface area contributed by atoms with Crippen LogP contribution in [0, 0.1) is 19.8 Å². The number of carbonyl (C=O) groups excluding carboxylic acids is 2. The summed E-state index contributed by atoms with van der Waals surface area (Å²) in [5, 5.41) is 3.95. The summed E-state index contributed by atoms with van der Waals surface area (Å²) < 4.78 is 38.9. The first kappa shape index (κ1) is 18.7. The summed E-state index contributed by atoms with van der Waals surface area (Å²) in [5.41, 5.74) is 1.25. The number of aromatic nitrogens is 2. The summed E-state index contributed by atoms with van der Waals surface area (Å²) >= 11 is 0. The highest BCUT2D eigenvalue weighted by molar-refractivity contribution is 5.91. The van der Waals surface area contributed by atoms with E-state index in [0.29, 0.717) is 29.4 Å². The number of hydrogen-bond acceptors (Lipinski definition) is 3. The Morgan fingerprint density at radius 3 is 2.54 bits per heavy atom. The predicted octanol–water partition coefficient (Wildman–Crippen LogP) is 2.20. The van der Waals surface area contributed by atoms with E-state index in [9.17, 15) is 22.8 Å². The van der Waals surface area contributed by atoms with Crippen molar-refractivity contribution in [2.24, 2.45) is 5.92 Å². The summed E-state index contributed by atoms with van der Waals surface area (Å²) in [6.07, 6.45) is -2.14. The van der Waals surface area contributed by atoms with Crippen LogP contribution in [-0.2, 0) is 16.1 Å². The lowest BCUT2D eigenvalue weighted by molar-refractivity contribution is -0.143. The molecule has 1 saturated carbocycles. The van der Waals surface area contributed by atoms with E-state index in [1.54, 1.807) is 25.7 Å². The predicted molar refractivity (Wildman–Crippen MR) is 87.2 cm³/mol. The molecule has 1 saturated heterocycles. The number of hydrogen-bond donors (Lipinski definition) is 0. The molecule has 2 aliphatic rings. The molecule has 1 aliphatic heterocycles. The zero-order chi connectivity index (χ0) is 19.2. The zero-order valence-electron chi connectivity index (χ0n) is 15.1. The van der Waals surface area contributed by atoms with Gasteiger partial charge in [-0.3, -0.25) is 14.3 Å². The first-order valence-corrected chi connectivity index (χ1v) is 8.74. The van der Waals surface area contributed by atoms with Crippen molar-refractivity contribution in [2.75, 3.05) is 19.8 Å². The maximum absolute atomic E-state index is 12.8. The van der Waals surface area contributed by atoms with Gasteiger partial charge < -0.3 is 9.80 Å². The zero-order valence-corrected chi connectivity index (χ0v) is 15.1. The largest absolute Gasteiger partial charge is 0.408 e. The van der Waals surface area contributed by atoms with E-state index in [1.165, 1.54) is 4.90 Å². The van der Waals surface area contributed by atoms with E-state index in [0.717, 1.165) is 17.5 Å². The Morgan fingerprint density at radius 1 is 1.31 bits per heavy atom. The van der Waals surface area contributed by atoms with E-state index in [4.69, 9.17) is 0 Å². The number of carbonyl (C=O) groups is 2. The average Bonchev–Trinajstić information content (AvgIpc) is 3.20. The van der Waals surface area contributed by atoms with Crippen LogP contribution in [0.1, 0.15) is 42.6 Å². The van der Waals surface area contributed by atoms with E-state index < -0.39 is 18.6 Å². The number of nitrogens with zero attached hydrogens (tertiary/aromatic N) is 4. The molecule has 3 rings (SSSR count). The Hall–Kier alpha value is -2.06. The van der Waals surface area contributed by atoms with Gasteiger partial charge in [-0.1, -0.05) is 0 Å². The maximum Gasteiger partial charge on any atom is 0.408 e. The van der Waals surface area contributed by atoms with Gasteiger partial charge in [0.15, 0.2) is 0 Å². The Kier molecular flexibility index (Phi) is 4.74. The van der Waals surface area contributed by atoms with Crippen LogP contribution in [0.5, 0.6) is 0 Å². The Morgan fingerprint density at radius 2 is 1.96 bits per heavy atom. The minimum absolute atomic E-state index is 0.0324. The van der Waals surface area contributed by atoms with Gasteiger partial charge in [-0.15, -0.1) is 0 Å². The van der Waals surface area contributed by atoms with Gasteiger partial charge in [0.05, 0.1) is 18.3 Å². The van der Waals surface area contributed by atoms with Crippen LogP contribution < -0.4 is 0 Å². The first-order chi connectivity index (χ1) is 12.1. The number of halogens is 3. The molecule has 6 nitrogen and oxygen atoms in total. The molecular weight excluding hydrogens is 349 g/mol. The molecule has 1 unspecified atom stereocenters. The molecule has 144 valence electrons. The van der Waals surface area contributed by atoms with Crippen LogP contribution in [0.3, 0.4) is 0 Å². The molecule has 2 heterocycles. The van der Waals surface area contributed by atoms with Gasteiger partial charge in [0, 0.05) is 17.8 Å². The van der Waals surface area contributed by atoms with E-state index >= 15 is 0 Å². The van der Waals surface area contributed by atoms with Gasteiger partial charge in [-0.25, -0.2) is 0 Å². The molecule has 0 spiro atoms. The third-order valence-electron chi connectivity index (χ3n) is 5.08. The third-order valence-corrected chi connectivity index (χ3v) is 5.08. The second-order valence-electron chi connectivity index (χ2n) is 7.32. The molecule has 9 heteroatoms. The quantitative estimate of drug-likeness (QED) is 0.796. The first-order valence-electron chi connectivity index (χ1n) is 8.74. The van der Waals surface area contributed by atoms with Gasteiger partial charge in [0.2, 0.25) is 11.8 Å². The fraction of sp³-hybridized carbons (Fsp3) is 0.706. The van der Waals surface area contributed by atoms with Crippen molar-refractivity contribution in [1.29, 1.82) is 0 Å². The third kappa shape index (κ3) is 3.86. The van der Waals surface area contributed by atoms with Crippen molar-refractivity contribution in [2.45, 2.75) is 52.3 Å². The van der Waals surface area contributed by atoms with Crippen LogP contribution in [-0.4, -0.2) is 57.3 Å². The van der Waals surface area contributed by atoms with Crippen molar-refractivity contribution in [3.05, 3.63) is 17.0 Å². The number of alkyl halides is 3. The van der Waals surface area contributed by atoms with Crippen LogP contribution in [0.15, 0.2) is 0 Å². The SMILES string of the molecule is Cc1nn(CC(F)(F)F)c(C)c1C(C)C(=O)N1CC(=O)N(CC2CC2)C1. The molecule has 0 N–H and O–H groups in total. The minimum atomic E-state index is -4.38. The fourth-order valence-electron chi connectivity index (χ4n) is 3.58. The van der Waals surface area contributed by atoms with Gasteiger partial charge in [0.1, 0.15) is 13.1 Å². The summed E-state index contributed by atoms with van der Waals surface area (Å²) in [5.74, 6) is -0.435. The Labute approximate surface area is 149 Å². The molecule has 26 heavy (non-hydrogen) atoms. The molecule has 1 aliphatic carbocycles. The Bertz CT molecular complexity index is 724. The number of aryl methyl sites for hydroxylation is 1. The summed E-state index contributed by atoms with van der Waals surface area (Å²) in [7, 11) is 0. The fourth-order valence-corrected chi connectivity index (χ4v) is 3.58. The van der Waals surface area contributed by atoms with E-state index in [-0.39, 0.29) is 25.0 Å². The maximum atomic E-state index is 12.8. The van der Waals surface area contributed by atoms with Crippen molar-refractivity contribution < 1.29 is 22.8 Å². The second-order valence-corrected chi connectivity index (χ2v) is 7.32. The van der Waals surface area contributed by atoms with E-state index in [1.807, 2.05) is 0 Å². The summed E-state index contributed by atoms with van der Waals surface area (Å²) in [6.45, 7) is 4.59. The molecule has 2 fully saturated rings. The lowest BCUT2D eigenvalue weighted by atomic mass is 9.98. The minimum Gasteiger partial charge on any atom is -0.323 e. The highest BCUT2D eigenvalue weighted by Crippen LogP contribution is 2.32. The van der Waals surface area contributed by atoms with Crippen molar-refractivity contribution >= 4 is 11.8 Å². The number of amides is 2. The normalized spacial score (nSPS) is 19.4. The Balaban J connectivity index is 1.73. The van der Waals surface area contributed by atoms with Crippen LogP contribution >= 0.6 is 0 Å². The second kappa shape index (κ2) is 6.59. The molecular formula is C17H23F3N4O2. The molecule has 1 atom stereocenters. The highest BCUT2D eigenvalue weighted by Gasteiger charge is 2.38. The van der Waals surface area contributed by atoms with Gasteiger partial charge in [-0.2, -0.15) is 18.3 Å². The lowest BCUT2D eigenvalue weighted by Crippen LogP contribution is -2.35. The molecule has 0 aromatic carbocycles. The molecule has 0 bridgehead atoms. The van der Waals surface area contributed by atoms with Crippen molar-refractivity contribution in [3.8, 4) is 0 Å². The average molecular weight is 372 g/mol. The lowest BCUT2D eigenvalue weighted by Gasteiger charge is -2.21. The number of rotatable bonds is 5. The van der Waals surface area contributed by atoms with Crippen LogP contribution in [0.4, 0.5) is 13.2 Å². The molecule has 0 radical (unpaired) electrons. The van der Waals surface area contributed by atoms with Crippen molar-refractivity contribution in [3.63, 3.8) is 0 Å². The van der Waals surface area contributed by atoms with Gasteiger partial charge in [-0.05, 0) is 39.5 Å². The highest BCUT2D eigenvalue weighted by atomic mass is 19.4. The van der Waals surface area contributed by atoms with Crippen LogP contribution in [0.2, 0.25) is 0 Å². The molecule has 1 aromatic heterocycles. The van der Waals surface area contributed by atoms with Gasteiger partial charge in [0.25, 0.3) is 0 Å². The van der Waals surface area contributed by atoms with Crippen molar-refractivity contribution in [1.82, 2.24) is 19.6 Å². The van der Waals surface area contributed by atoms with E-state index in [2.05, 4.69) is 5.10 Å². The van der Waals surface area contributed by atoms with Gasteiger partial charge >= 0.3 is 6.18 Å². The van der Waals surface area contributed by atoms with Crippen LogP contribution in [0.25, 0.3) is 0 Å².